The zero-order chi connectivity index (χ0) is 15.1. The third-order valence-corrected chi connectivity index (χ3v) is 2.84. The van der Waals surface area contributed by atoms with Crippen LogP contribution in [0.15, 0.2) is 42.5 Å². The van der Waals surface area contributed by atoms with Crippen molar-refractivity contribution in [1.29, 1.82) is 0 Å². The Morgan fingerprint density at radius 3 is 2.29 bits per heavy atom. The first-order chi connectivity index (χ1) is 10.2. The van der Waals surface area contributed by atoms with E-state index in [0.717, 1.165) is 29.5 Å². The Kier molecular flexibility index (Phi) is 5.51. The van der Waals surface area contributed by atoms with Crippen LogP contribution in [-0.2, 0) is 6.54 Å². The quantitative estimate of drug-likeness (QED) is 0.797. The largest absolute Gasteiger partial charge is 0.493 e. The van der Waals surface area contributed by atoms with E-state index < -0.39 is 11.6 Å². The van der Waals surface area contributed by atoms with Crippen molar-refractivity contribution < 1.29 is 18.3 Å². The topological polar surface area (TPSA) is 44.5 Å². The number of hydrogen-bond donors (Lipinski definition) is 1. The van der Waals surface area contributed by atoms with E-state index in [1.54, 1.807) is 0 Å². The lowest BCUT2D eigenvalue weighted by molar-refractivity contribution is 0.245. The van der Waals surface area contributed by atoms with Gasteiger partial charge in [-0.15, -0.1) is 0 Å². The molecule has 0 saturated carbocycles. The van der Waals surface area contributed by atoms with Gasteiger partial charge in [-0.1, -0.05) is 18.2 Å². The highest BCUT2D eigenvalue weighted by atomic mass is 19.1. The van der Waals surface area contributed by atoms with Gasteiger partial charge in [0.25, 0.3) is 0 Å². The number of nitrogens with two attached hydrogens (primary N) is 1. The van der Waals surface area contributed by atoms with Crippen LogP contribution in [0, 0.1) is 11.6 Å². The molecule has 3 nitrogen and oxygen atoms in total. The molecule has 5 heteroatoms. The van der Waals surface area contributed by atoms with E-state index in [1.165, 1.54) is 0 Å². The van der Waals surface area contributed by atoms with Gasteiger partial charge in [-0.05, 0) is 6.07 Å². The monoisotopic (exact) mass is 293 g/mol. The van der Waals surface area contributed by atoms with Crippen molar-refractivity contribution in [2.75, 3.05) is 13.2 Å². The Labute approximate surface area is 122 Å². The molecule has 2 aromatic rings. The Morgan fingerprint density at radius 2 is 1.57 bits per heavy atom. The summed E-state index contributed by atoms with van der Waals surface area (Å²) in [6.07, 6.45) is 0.594. The molecule has 0 aromatic heterocycles. The highest BCUT2D eigenvalue weighted by molar-refractivity contribution is 5.32. The molecule has 21 heavy (non-hydrogen) atoms. The van der Waals surface area contributed by atoms with Crippen molar-refractivity contribution >= 4 is 0 Å². The van der Waals surface area contributed by atoms with Crippen LogP contribution in [0.4, 0.5) is 8.78 Å². The standard InChI is InChI=1S/C16H17F2NO2/c17-13-8-14(18)10-15(9-13)20-6-3-7-21-16-5-2-1-4-12(16)11-19/h1-2,4-5,8-10H,3,6-7,11,19H2. The van der Waals surface area contributed by atoms with E-state index >= 15 is 0 Å². The molecule has 0 amide bonds. The van der Waals surface area contributed by atoms with Gasteiger partial charge in [0.2, 0.25) is 0 Å². The normalized spacial score (nSPS) is 10.4. The Balaban J connectivity index is 1.75. The SMILES string of the molecule is NCc1ccccc1OCCCOc1cc(F)cc(F)c1. The summed E-state index contributed by atoms with van der Waals surface area (Å²) in [5.41, 5.74) is 6.55. The van der Waals surface area contributed by atoms with Crippen molar-refractivity contribution in [3.63, 3.8) is 0 Å². The first-order valence-electron chi connectivity index (χ1n) is 6.68. The van der Waals surface area contributed by atoms with Gasteiger partial charge in [0.15, 0.2) is 0 Å². The first kappa shape index (κ1) is 15.3. The van der Waals surface area contributed by atoms with Gasteiger partial charge in [0, 0.05) is 36.7 Å². The molecule has 0 unspecified atom stereocenters. The fourth-order valence-electron chi connectivity index (χ4n) is 1.86. The zero-order valence-electron chi connectivity index (χ0n) is 11.5. The van der Waals surface area contributed by atoms with Crippen LogP contribution in [0.5, 0.6) is 11.5 Å². The van der Waals surface area contributed by atoms with Crippen molar-refractivity contribution in [2.45, 2.75) is 13.0 Å². The molecule has 0 aliphatic carbocycles. The molecule has 0 heterocycles. The molecular weight excluding hydrogens is 276 g/mol. The minimum Gasteiger partial charge on any atom is -0.493 e. The summed E-state index contributed by atoms with van der Waals surface area (Å²) in [6.45, 7) is 1.16. The van der Waals surface area contributed by atoms with Gasteiger partial charge in [-0.3, -0.25) is 0 Å². The second kappa shape index (κ2) is 7.59. The van der Waals surface area contributed by atoms with E-state index in [-0.39, 0.29) is 5.75 Å². The van der Waals surface area contributed by atoms with Gasteiger partial charge < -0.3 is 15.2 Å². The summed E-state index contributed by atoms with van der Waals surface area (Å²) in [5.74, 6) is -0.386. The summed E-state index contributed by atoms with van der Waals surface area (Å²) in [5, 5.41) is 0. The van der Waals surface area contributed by atoms with Gasteiger partial charge in [-0.2, -0.15) is 0 Å². The van der Waals surface area contributed by atoms with E-state index in [1.807, 2.05) is 24.3 Å². The minimum atomic E-state index is -0.655. The van der Waals surface area contributed by atoms with Gasteiger partial charge in [-0.25, -0.2) is 8.78 Å². The zero-order valence-corrected chi connectivity index (χ0v) is 11.5. The third-order valence-electron chi connectivity index (χ3n) is 2.84. The van der Waals surface area contributed by atoms with Gasteiger partial charge >= 0.3 is 0 Å². The van der Waals surface area contributed by atoms with Crippen LogP contribution < -0.4 is 15.2 Å². The fraction of sp³-hybridized carbons (Fsp3) is 0.250. The van der Waals surface area contributed by atoms with E-state index in [9.17, 15) is 8.78 Å². The molecule has 0 fully saturated rings. The van der Waals surface area contributed by atoms with Crippen LogP contribution in [0.3, 0.4) is 0 Å². The number of hydrogen-bond acceptors (Lipinski definition) is 3. The summed E-state index contributed by atoms with van der Waals surface area (Å²) < 4.78 is 36.8. The lowest BCUT2D eigenvalue weighted by Crippen LogP contribution is -2.07. The average molecular weight is 293 g/mol. The highest BCUT2D eigenvalue weighted by Crippen LogP contribution is 2.18. The molecule has 0 atom stereocenters. The molecule has 112 valence electrons. The summed E-state index contributed by atoms with van der Waals surface area (Å²) in [4.78, 5) is 0. The van der Waals surface area contributed by atoms with Crippen molar-refractivity contribution in [3.05, 3.63) is 59.7 Å². The molecular formula is C16H17F2NO2. The van der Waals surface area contributed by atoms with Crippen LogP contribution in [-0.4, -0.2) is 13.2 Å². The fourth-order valence-corrected chi connectivity index (χ4v) is 1.86. The van der Waals surface area contributed by atoms with Crippen LogP contribution in [0.2, 0.25) is 0 Å². The first-order valence-corrected chi connectivity index (χ1v) is 6.68. The number of ether oxygens (including phenoxy) is 2. The van der Waals surface area contributed by atoms with E-state index in [2.05, 4.69) is 0 Å². The highest BCUT2D eigenvalue weighted by Gasteiger charge is 2.03. The summed E-state index contributed by atoms with van der Waals surface area (Å²) in [7, 11) is 0. The third kappa shape index (κ3) is 4.72. The maximum absolute atomic E-state index is 13.0. The molecule has 0 bridgehead atoms. The van der Waals surface area contributed by atoms with Crippen molar-refractivity contribution in [2.24, 2.45) is 5.73 Å². The smallest absolute Gasteiger partial charge is 0.129 e. The maximum Gasteiger partial charge on any atom is 0.129 e. The summed E-state index contributed by atoms with van der Waals surface area (Å²) in [6, 6.07) is 10.6. The lowest BCUT2D eigenvalue weighted by atomic mass is 10.2. The second-order valence-corrected chi connectivity index (χ2v) is 4.47. The Hall–Kier alpha value is -2.14. The van der Waals surface area contributed by atoms with E-state index in [4.69, 9.17) is 15.2 Å². The molecule has 0 saturated heterocycles. The van der Waals surface area contributed by atoms with Crippen LogP contribution in [0.25, 0.3) is 0 Å². The Morgan fingerprint density at radius 1 is 0.905 bits per heavy atom. The van der Waals surface area contributed by atoms with E-state index in [0.29, 0.717) is 26.2 Å². The minimum absolute atomic E-state index is 0.176. The molecule has 0 aliphatic rings. The maximum atomic E-state index is 13.0. The molecule has 2 rings (SSSR count). The molecule has 0 spiro atoms. The predicted octanol–water partition coefficient (Wildman–Crippen LogP) is 3.27. The molecule has 2 N–H and O–H groups in total. The van der Waals surface area contributed by atoms with Crippen LogP contribution in [0.1, 0.15) is 12.0 Å². The second-order valence-electron chi connectivity index (χ2n) is 4.47. The number of rotatable bonds is 7. The summed E-state index contributed by atoms with van der Waals surface area (Å²) >= 11 is 0. The van der Waals surface area contributed by atoms with Gasteiger partial charge in [0.05, 0.1) is 13.2 Å². The number of para-hydroxylation sites is 1. The molecule has 2 aromatic carbocycles. The lowest BCUT2D eigenvalue weighted by Gasteiger charge is -2.10. The van der Waals surface area contributed by atoms with Crippen molar-refractivity contribution in [1.82, 2.24) is 0 Å². The average Bonchev–Trinajstić information content (AvgIpc) is 2.46. The number of benzene rings is 2. The molecule has 0 aliphatic heterocycles. The van der Waals surface area contributed by atoms with Gasteiger partial charge in [0.1, 0.15) is 23.1 Å². The van der Waals surface area contributed by atoms with Crippen molar-refractivity contribution in [3.8, 4) is 11.5 Å². The van der Waals surface area contributed by atoms with Crippen LogP contribution >= 0.6 is 0 Å². The predicted molar refractivity (Wildman–Crippen MR) is 76.3 cm³/mol. The Bertz CT molecular complexity index is 570. The molecule has 0 radical (unpaired) electrons. The number of halogens is 2.